The summed E-state index contributed by atoms with van der Waals surface area (Å²) in [5.74, 6) is 0.0900. The Kier molecular flexibility index (Phi) is 2.21. The zero-order chi connectivity index (χ0) is 10.1. The minimum absolute atomic E-state index is 0.164. The highest BCUT2D eigenvalue weighted by molar-refractivity contribution is 6.30. The van der Waals surface area contributed by atoms with Gasteiger partial charge in [0, 0.05) is 11.9 Å². The van der Waals surface area contributed by atoms with Crippen LogP contribution in [0.1, 0.15) is 5.89 Å². The fraction of sp³-hybridized carbons (Fsp3) is 0.111. The number of hydrogen-bond donors (Lipinski definition) is 0. The van der Waals surface area contributed by atoms with E-state index >= 15 is 0 Å². The molecule has 2 aromatic rings. The van der Waals surface area contributed by atoms with Gasteiger partial charge in [-0.2, -0.15) is 0 Å². The molecule has 1 heterocycles. The summed E-state index contributed by atoms with van der Waals surface area (Å²) < 4.78 is 18.4. The first-order valence-electron chi connectivity index (χ1n) is 3.92. The molecule has 0 saturated heterocycles. The standard InChI is InChI=1S/C9H6ClFN2O/c1-5-12-13-9(14-5)7-3-2-6(10)4-8(7)11/h2-4H,1H3. The van der Waals surface area contributed by atoms with Gasteiger partial charge < -0.3 is 4.42 Å². The van der Waals surface area contributed by atoms with E-state index in [1.54, 1.807) is 13.0 Å². The molecule has 0 radical (unpaired) electrons. The van der Waals surface area contributed by atoms with E-state index in [1.165, 1.54) is 12.1 Å². The molecule has 0 bridgehead atoms. The van der Waals surface area contributed by atoms with Gasteiger partial charge in [0.15, 0.2) is 0 Å². The first-order valence-corrected chi connectivity index (χ1v) is 4.30. The Labute approximate surface area is 84.5 Å². The van der Waals surface area contributed by atoms with Gasteiger partial charge in [0.1, 0.15) is 5.82 Å². The van der Waals surface area contributed by atoms with Crippen LogP contribution >= 0.6 is 11.6 Å². The summed E-state index contributed by atoms with van der Waals surface area (Å²) in [6, 6.07) is 4.28. The third-order valence-electron chi connectivity index (χ3n) is 1.69. The lowest BCUT2D eigenvalue weighted by atomic mass is 10.2. The SMILES string of the molecule is Cc1nnc(-c2ccc(Cl)cc2F)o1. The molecule has 0 aliphatic heterocycles. The Hall–Kier alpha value is -1.42. The molecule has 0 fully saturated rings. The summed E-state index contributed by atoms with van der Waals surface area (Å²) in [6.07, 6.45) is 0. The zero-order valence-electron chi connectivity index (χ0n) is 7.29. The minimum atomic E-state index is -0.471. The first kappa shape index (κ1) is 9.15. The normalized spacial score (nSPS) is 10.5. The average Bonchev–Trinajstić information content (AvgIpc) is 2.51. The van der Waals surface area contributed by atoms with Gasteiger partial charge in [-0.25, -0.2) is 4.39 Å². The fourth-order valence-electron chi connectivity index (χ4n) is 1.07. The third-order valence-corrected chi connectivity index (χ3v) is 1.92. The highest BCUT2D eigenvalue weighted by atomic mass is 35.5. The van der Waals surface area contributed by atoms with E-state index in [4.69, 9.17) is 16.0 Å². The Balaban J connectivity index is 2.52. The van der Waals surface area contributed by atoms with Crippen LogP contribution in [0.15, 0.2) is 22.6 Å². The number of halogens is 2. The molecular weight excluding hydrogens is 207 g/mol. The van der Waals surface area contributed by atoms with Gasteiger partial charge in [-0.1, -0.05) is 11.6 Å². The summed E-state index contributed by atoms with van der Waals surface area (Å²) in [4.78, 5) is 0. The Bertz CT molecular complexity index is 470. The number of benzene rings is 1. The zero-order valence-corrected chi connectivity index (χ0v) is 8.05. The van der Waals surface area contributed by atoms with E-state index < -0.39 is 5.82 Å². The molecule has 0 aliphatic rings. The van der Waals surface area contributed by atoms with Gasteiger partial charge in [0.05, 0.1) is 5.56 Å². The van der Waals surface area contributed by atoms with E-state index in [1.807, 2.05) is 0 Å². The maximum atomic E-state index is 13.3. The molecule has 1 aromatic carbocycles. The van der Waals surface area contributed by atoms with Crippen LogP contribution < -0.4 is 0 Å². The van der Waals surface area contributed by atoms with Gasteiger partial charge in [-0.05, 0) is 18.2 Å². The predicted molar refractivity (Wildman–Crippen MR) is 49.4 cm³/mol. The maximum absolute atomic E-state index is 13.3. The van der Waals surface area contributed by atoms with E-state index in [9.17, 15) is 4.39 Å². The molecule has 1 aromatic heterocycles. The first-order chi connectivity index (χ1) is 6.66. The quantitative estimate of drug-likeness (QED) is 0.730. The summed E-state index contributed by atoms with van der Waals surface area (Å²) >= 11 is 5.60. The van der Waals surface area contributed by atoms with E-state index in [2.05, 4.69) is 10.2 Å². The van der Waals surface area contributed by atoms with Crippen molar-refractivity contribution in [1.29, 1.82) is 0 Å². The second kappa shape index (κ2) is 3.38. The Morgan fingerprint density at radius 3 is 2.71 bits per heavy atom. The fourth-order valence-corrected chi connectivity index (χ4v) is 1.23. The second-order valence-electron chi connectivity index (χ2n) is 2.75. The van der Waals surface area contributed by atoms with E-state index in [-0.39, 0.29) is 11.5 Å². The summed E-state index contributed by atoms with van der Waals surface area (Å²) in [5.41, 5.74) is 0.259. The van der Waals surface area contributed by atoms with Gasteiger partial charge in [0.25, 0.3) is 5.89 Å². The molecule has 14 heavy (non-hydrogen) atoms. The second-order valence-corrected chi connectivity index (χ2v) is 3.19. The molecule has 0 unspecified atom stereocenters. The van der Waals surface area contributed by atoms with Crippen LogP contribution in [0.3, 0.4) is 0 Å². The van der Waals surface area contributed by atoms with Crippen molar-refractivity contribution < 1.29 is 8.81 Å². The van der Waals surface area contributed by atoms with Crippen molar-refractivity contribution in [3.63, 3.8) is 0 Å². The van der Waals surface area contributed by atoms with Gasteiger partial charge in [-0.3, -0.25) is 0 Å². The molecule has 0 spiro atoms. The molecule has 0 amide bonds. The Morgan fingerprint density at radius 1 is 1.36 bits per heavy atom. The van der Waals surface area contributed by atoms with Crippen LogP contribution in [0.5, 0.6) is 0 Å². The molecule has 72 valence electrons. The van der Waals surface area contributed by atoms with Gasteiger partial charge >= 0.3 is 0 Å². The van der Waals surface area contributed by atoms with E-state index in [0.717, 1.165) is 0 Å². The van der Waals surface area contributed by atoms with Crippen molar-refractivity contribution in [3.8, 4) is 11.5 Å². The van der Waals surface area contributed by atoms with Crippen LogP contribution in [0.2, 0.25) is 5.02 Å². The maximum Gasteiger partial charge on any atom is 0.250 e. The van der Waals surface area contributed by atoms with Crippen LogP contribution in [-0.2, 0) is 0 Å². The molecule has 5 heteroatoms. The number of nitrogens with zero attached hydrogens (tertiary/aromatic N) is 2. The van der Waals surface area contributed by atoms with Gasteiger partial charge in [-0.15, -0.1) is 10.2 Å². The molecule has 0 atom stereocenters. The van der Waals surface area contributed by atoms with Crippen LogP contribution in [0, 0.1) is 12.7 Å². The minimum Gasteiger partial charge on any atom is -0.421 e. The number of aryl methyl sites for hydroxylation is 1. The average molecular weight is 213 g/mol. The Morgan fingerprint density at radius 2 is 2.14 bits per heavy atom. The summed E-state index contributed by atoms with van der Waals surface area (Å²) in [5, 5.41) is 7.65. The van der Waals surface area contributed by atoms with Crippen LogP contribution in [-0.4, -0.2) is 10.2 Å². The lowest BCUT2D eigenvalue weighted by molar-refractivity contribution is 0.526. The monoisotopic (exact) mass is 212 g/mol. The van der Waals surface area contributed by atoms with Gasteiger partial charge in [0.2, 0.25) is 5.89 Å². The lowest BCUT2D eigenvalue weighted by Crippen LogP contribution is -1.84. The third kappa shape index (κ3) is 1.61. The highest BCUT2D eigenvalue weighted by Gasteiger charge is 2.11. The number of hydrogen-bond acceptors (Lipinski definition) is 3. The van der Waals surface area contributed by atoms with Crippen LogP contribution in [0.25, 0.3) is 11.5 Å². The van der Waals surface area contributed by atoms with Crippen molar-refractivity contribution in [3.05, 3.63) is 34.9 Å². The van der Waals surface area contributed by atoms with Crippen molar-refractivity contribution >= 4 is 11.6 Å². The molecule has 2 rings (SSSR count). The largest absolute Gasteiger partial charge is 0.421 e. The number of aromatic nitrogens is 2. The predicted octanol–water partition coefficient (Wildman–Crippen LogP) is 2.84. The lowest BCUT2D eigenvalue weighted by Gasteiger charge is -1.97. The van der Waals surface area contributed by atoms with Crippen molar-refractivity contribution in [2.75, 3.05) is 0 Å². The summed E-state index contributed by atoms with van der Waals surface area (Å²) in [6.45, 7) is 1.64. The molecular formula is C9H6ClFN2O. The molecule has 0 aliphatic carbocycles. The summed E-state index contributed by atoms with van der Waals surface area (Å²) in [7, 11) is 0. The molecule has 3 nitrogen and oxygen atoms in total. The smallest absolute Gasteiger partial charge is 0.250 e. The van der Waals surface area contributed by atoms with Crippen molar-refractivity contribution in [2.45, 2.75) is 6.92 Å². The molecule has 0 N–H and O–H groups in total. The van der Waals surface area contributed by atoms with E-state index in [0.29, 0.717) is 10.9 Å². The van der Waals surface area contributed by atoms with Crippen molar-refractivity contribution in [2.24, 2.45) is 0 Å². The van der Waals surface area contributed by atoms with Crippen LogP contribution in [0.4, 0.5) is 4.39 Å². The highest BCUT2D eigenvalue weighted by Crippen LogP contribution is 2.23. The topological polar surface area (TPSA) is 38.9 Å². The molecule has 0 saturated carbocycles. The van der Waals surface area contributed by atoms with Crippen molar-refractivity contribution in [1.82, 2.24) is 10.2 Å². The number of rotatable bonds is 1.